The van der Waals surface area contributed by atoms with E-state index in [2.05, 4.69) is 90.4 Å². The largest absolute Gasteiger partial charge is 0.423 e. The summed E-state index contributed by atoms with van der Waals surface area (Å²) >= 11 is 8.43. The summed E-state index contributed by atoms with van der Waals surface area (Å²) in [5.74, 6) is -0.535. The van der Waals surface area contributed by atoms with Crippen LogP contribution in [0.15, 0.2) is 194 Å². The molecule has 0 aliphatic heterocycles. The van der Waals surface area contributed by atoms with Gasteiger partial charge in [0.2, 0.25) is 0 Å². The second-order valence-electron chi connectivity index (χ2n) is 14.3. The number of esters is 4. The third-order valence-corrected chi connectivity index (χ3v) is 13.8. The van der Waals surface area contributed by atoms with E-state index < -0.39 is 23.9 Å². The van der Waals surface area contributed by atoms with Gasteiger partial charge in [0.1, 0.15) is 23.0 Å². The molecule has 0 amide bonds. The topological polar surface area (TPSA) is 105 Å². The Morgan fingerprint density at radius 1 is 0.258 bits per heavy atom. The third-order valence-electron chi connectivity index (χ3n) is 10.0. The Hall–Kier alpha value is -5.70. The predicted molar refractivity (Wildman–Crippen MR) is 287 cm³/mol. The summed E-state index contributed by atoms with van der Waals surface area (Å²) in [4.78, 5) is 52.9. The van der Waals surface area contributed by atoms with Gasteiger partial charge in [0.25, 0.3) is 0 Å². The third kappa shape index (κ3) is 11.3. The zero-order valence-electron chi connectivity index (χ0n) is 34.3. The Kier molecular flexibility index (Phi) is 15.4. The molecule has 0 radical (unpaired) electrons. The van der Waals surface area contributed by atoms with E-state index in [1.165, 1.54) is 0 Å². The monoisotopic (exact) mass is 1320 g/mol. The molecule has 12 heteroatoms. The Balaban J connectivity index is 1.22. The van der Waals surface area contributed by atoms with Crippen LogP contribution in [0, 0.1) is 14.3 Å². The molecular formula is C54H32I4O8. The van der Waals surface area contributed by atoms with Crippen molar-refractivity contribution in [2.45, 2.75) is 0 Å². The highest BCUT2D eigenvalue weighted by molar-refractivity contribution is 14.1. The first-order valence-electron chi connectivity index (χ1n) is 20.1. The maximum absolute atomic E-state index is 13.2. The fourth-order valence-electron chi connectivity index (χ4n) is 6.82. The molecule has 8 nitrogen and oxygen atoms in total. The number of rotatable bonds is 12. The summed E-state index contributed by atoms with van der Waals surface area (Å²) in [5, 5.41) is 0. The van der Waals surface area contributed by atoms with Crippen LogP contribution < -0.4 is 18.9 Å². The lowest BCUT2D eigenvalue weighted by atomic mass is 9.85. The lowest BCUT2D eigenvalue weighted by molar-refractivity contribution is 0.0724. The number of carbonyl (C=O) groups excluding carboxylic acids is 4. The number of ether oxygens (including phenoxy) is 4. The van der Waals surface area contributed by atoms with Crippen molar-refractivity contribution in [1.82, 2.24) is 0 Å². The molecule has 0 spiro atoms. The zero-order valence-corrected chi connectivity index (χ0v) is 42.9. The number of carbonyl (C=O) groups is 4. The molecule has 0 saturated heterocycles. The molecule has 0 saturated carbocycles. The molecule has 0 heterocycles. The molecule has 0 atom stereocenters. The molecule has 0 aliphatic rings. The fraction of sp³-hybridized carbons (Fsp3) is 0. The first-order valence-corrected chi connectivity index (χ1v) is 24.4. The minimum absolute atomic E-state index is 0.348. The van der Waals surface area contributed by atoms with Gasteiger partial charge in [-0.25, -0.2) is 19.2 Å². The maximum Gasteiger partial charge on any atom is 0.344 e. The summed E-state index contributed by atoms with van der Waals surface area (Å²) in [6.07, 6.45) is 0. The van der Waals surface area contributed by atoms with Crippen molar-refractivity contribution in [1.29, 1.82) is 0 Å². The van der Waals surface area contributed by atoms with Crippen LogP contribution in [0.5, 0.6) is 23.0 Å². The van der Waals surface area contributed by atoms with Crippen molar-refractivity contribution >= 4 is 125 Å². The van der Waals surface area contributed by atoms with Crippen LogP contribution in [-0.4, -0.2) is 23.9 Å². The number of halogens is 4. The van der Waals surface area contributed by atoms with E-state index in [0.29, 0.717) is 45.3 Å². The number of hydrogen-bond donors (Lipinski definition) is 0. The Morgan fingerprint density at radius 3 is 0.621 bits per heavy atom. The molecule has 0 bridgehead atoms. The summed E-state index contributed by atoms with van der Waals surface area (Å²) in [5.41, 5.74) is 6.34. The van der Waals surface area contributed by atoms with Crippen LogP contribution in [0.1, 0.15) is 63.7 Å². The van der Waals surface area contributed by atoms with Crippen LogP contribution in [0.4, 0.5) is 0 Å². The second kappa shape index (κ2) is 21.7. The van der Waals surface area contributed by atoms with Crippen LogP contribution in [0.2, 0.25) is 0 Å². The molecule has 66 heavy (non-hydrogen) atoms. The summed E-state index contributed by atoms with van der Waals surface area (Å²) in [6, 6.07) is 57.7. The zero-order chi connectivity index (χ0) is 46.2. The second-order valence-corrected chi connectivity index (χ2v) is 19.0. The smallest absolute Gasteiger partial charge is 0.344 e. The average molecular weight is 1320 g/mol. The quantitative estimate of drug-likeness (QED) is 0.0516. The van der Waals surface area contributed by atoms with Gasteiger partial charge in [-0.1, -0.05) is 97.1 Å². The van der Waals surface area contributed by atoms with Gasteiger partial charge in [0.15, 0.2) is 0 Å². The summed E-state index contributed by atoms with van der Waals surface area (Å²) in [7, 11) is 0. The maximum atomic E-state index is 13.2. The van der Waals surface area contributed by atoms with Gasteiger partial charge in [0, 0.05) is 14.3 Å². The molecule has 324 valence electrons. The van der Waals surface area contributed by atoms with E-state index in [1.807, 2.05) is 97.1 Å². The van der Waals surface area contributed by atoms with Crippen molar-refractivity contribution in [3.8, 4) is 23.0 Å². The Labute approximate surface area is 434 Å². The predicted octanol–water partition coefficient (Wildman–Crippen LogP) is 14.0. The highest BCUT2D eigenvalue weighted by Crippen LogP contribution is 2.39. The molecule has 0 aromatic heterocycles. The van der Waals surface area contributed by atoms with E-state index >= 15 is 0 Å². The highest BCUT2D eigenvalue weighted by atomic mass is 127. The standard InChI is InChI=1S/C54H32I4O8/c55-45-13-5-1-9-41(45)51(59)63-37-25-17-33(18-26-37)49(34-19-27-38(28-20-34)64-52(60)42-10-2-6-14-46(42)56)50(35-21-29-39(30-22-35)65-53(61)43-11-3-7-15-47(43)57)36-23-31-40(32-24-36)66-54(62)44-12-4-8-16-48(44)58/h1-32H. The van der Waals surface area contributed by atoms with Crippen LogP contribution in [0.3, 0.4) is 0 Å². The molecule has 8 aromatic carbocycles. The van der Waals surface area contributed by atoms with Gasteiger partial charge < -0.3 is 18.9 Å². The van der Waals surface area contributed by atoms with E-state index in [4.69, 9.17) is 18.9 Å². The van der Waals surface area contributed by atoms with E-state index in [0.717, 1.165) is 47.7 Å². The van der Waals surface area contributed by atoms with Crippen molar-refractivity contribution < 1.29 is 38.1 Å². The van der Waals surface area contributed by atoms with Gasteiger partial charge in [0.05, 0.1) is 22.3 Å². The van der Waals surface area contributed by atoms with Crippen molar-refractivity contribution in [2.75, 3.05) is 0 Å². The van der Waals surface area contributed by atoms with Gasteiger partial charge >= 0.3 is 23.9 Å². The molecular weight excluding hydrogens is 1280 g/mol. The minimum atomic E-state index is -0.481. The summed E-state index contributed by atoms with van der Waals surface area (Å²) in [6.45, 7) is 0. The summed E-state index contributed by atoms with van der Waals surface area (Å²) < 4.78 is 26.4. The van der Waals surface area contributed by atoms with E-state index in [1.54, 1.807) is 97.1 Å². The highest BCUT2D eigenvalue weighted by Gasteiger charge is 2.21. The van der Waals surface area contributed by atoms with Crippen molar-refractivity contribution in [3.63, 3.8) is 0 Å². The minimum Gasteiger partial charge on any atom is -0.423 e. The van der Waals surface area contributed by atoms with Gasteiger partial charge in [-0.3, -0.25) is 0 Å². The normalized spacial score (nSPS) is 10.7. The lowest BCUT2D eigenvalue weighted by Crippen LogP contribution is -2.10. The SMILES string of the molecule is O=C(Oc1ccc(C(=C(c2ccc(OC(=O)c3ccccc3I)cc2)c2ccc(OC(=O)c3ccccc3I)cc2)c2ccc(OC(=O)c3ccccc3I)cc2)cc1)c1ccccc1I. The van der Waals surface area contributed by atoms with Crippen LogP contribution in [0.25, 0.3) is 11.1 Å². The van der Waals surface area contributed by atoms with Crippen LogP contribution in [-0.2, 0) is 0 Å². The average Bonchev–Trinajstić information content (AvgIpc) is 3.32. The van der Waals surface area contributed by atoms with E-state index in [9.17, 15) is 19.2 Å². The van der Waals surface area contributed by atoms with Crippen molar-refractivity contribution in [2.24, 2.45) is 0 Å². The first-order chi connectivity index (χ1) is 32.0. The molecule has 0 N–H and O–H groups in total. The molecule has 8 aromatic rings. The van der Waals surface area contributed by atoms with Crippen molar-refractivity contribution in [3.05, 3.63) is 253 Å². The van der Waals surface area contributed by atoms with Gasteiger partial charge in [-0.05, 0) is 221 Å². The molecule has 8 rings (SSSR count). The molecule has 0 aliphatic carbocycles. The van der Waals surface area contributed by atoms with Crippen LogP contribution >= 0.6 is 90.4 Å². The fourth-order valence-corrected chi connectivity index (χ4v) is 9.25. The van der Waals surface area contributed by atoms with Gasteiger partial charge in [-0.2, -0.15) is 0 Å². The molecule has 0 fully saturated rings. The molecule has 0 unspecified atom stereocenters. The van der Waals surface area contributed by atoms with E-state index in [-0.39, 0.29) is 0 Å². The first kappa shape index (κ1) is 46.8. The lowest BCUT2D eigenvalue weighted by Gasteiger charge is -2.19. The number of hydrogen-bond acceptors (Lipinski definition) is 8. The Morgan fingerprint density at radius 2 is 0.439 bits per heavy atom. The Bertz CT molecular complexity index is 2710. The van der Waals surface area contributed by atoms with Gasteiger partial charge in [-0.15, -0.1) is 0 Å². The number of benzene rings is 8.